The number of hydrogen-bond donors (Lipinski definition) is 1. The zero-order valence-electron chi connectivity index (χ0n) is 10.7. The maximum Gasteiger partial charge on any atom is 0.0399 e. The molecule has 1 N–H and O–H groups in total. The van der Waals surface area contributed by atoms with Gasteiger partial charge in [-0.15, -0.1) is 0 Å². The lowest BCUT2D eigenvalue weighted by molar-refractivity contribution is 0.399. The molecule has 0 bridgehead atoms. The topological polar surface area (TPSA) is 15.3 Å². The molecule has 1 atom stereocenters. The molecule has 2 aliphatic rings. The fourth-order valence-corrected chi connectivity index (χ4v) is 3.22. The van der Waals surface area contributed by atoms with E-state index in [-0.39, 0.29) is 0 Å². The number of nitrogens with one attached hydrogen (secondary N) is 1. The minimum atomic E-state index is 0.709. The minimum Gasteiger partial charge on any atom is -0.374 e. The molecule has 0 spiro atoms. The minimum absolute atomic E-state index is 0.709. The van der Waals surface area contributed by atoms with Crippen molar-refractivity contribution in [2.24, 2.45) is 0 Å². The van der Waals surface area contributed by atoms with Gasteiger partial charge in [-0.05, 0) is 49.4 Å². The number of fused-ring (bicyclic) bond motifs is 1. The van der Waals surface area contributed by atoms with Crippen LogP contribution in [0.2, 0.25) is 0 Å². The van der Waals surface area contributed by atoms with Crippen molar-refractivity contribution in [3.05, 3.63) is 29.3 Å². The number of benzene rings is 1. The van der Waals surface area contributed by atoms with Gasteiger partial charge in [0, 0.05) is 25.3 Å². The molecule has 3 rings (SSSR count). The summed E-state index contributed by atoms with van der Waals surface area (Å²) in [5, 5.41) is 3.66. The normalized spacial score (nSPS) is 23.8. The molecule has 0 aromatic heterocycles. The fraction of sp³-hybridized carbons (Fsp3) is 0.600. The molecule has 1 unspecified atom stereocenters. The van der Waals surface area contributed by atoms with Gasteiger partial charge in [0.1, 0.15) is 0 Å². The van der Waals surface area contributed by atoms with E-state index in [4.69, 9.17) is 0 Å². The number of hydrogen-bond acceptors (Lipinski definition) is 2. The Labute approximate surface area is 104 Å². The van der Waals surface area contributed by atoms with Gasteiger partial charge >= 0.3 is 0 Å². The van der Waals surface area contributed by atoms with Crippen molar-refractivity contribution in [1.29, 1.82) is 0 Å². The highest BCUT2D eigenvalue weighted by molar-refractivity contribution is 5.60. The Morgan fingerprint density at radius 1 is 1.35 bits per heavy atom. The molecule has 1 fully saturated rings. The second-order valence-corrected chi connectivity index (χ2v) is 5.44. The SMILES string of the molecule is CN1CCc2c(CC3CCCCN3)cccc21. The highest BCUT2D eigenvalue weighted by Crippen LogP contribution is 2.30. The molecule has 1 aromatic rings. The number of piperidine rings is 1. The second kappa shape index (κ2) is 4.69. The Bertz CT molecular complexity index is 394. The summed E-state index contributed by atoms with van der Waals surface area (Å²) in [6.07, 6.45) is 6.55. The molecular weight excluding hydrogens is 208 g/mol. The van der Waals surface area contributed by atoms with Gasteiger partial charge in [-0.25, -0.2) is 0 Å². The molecule has 2 heterocycles. The molecule has 17 heavy (non-hydrogen) atoms. The van der Waals surface area contributed by atoms with E-state index in [2.05, 4.69) is 35.5 Å². The molecule has 2 nitrogen and oxygen atoms in total. The fourth-order valence-electron chi connectivity index (χ4n) is 3.22. The Hall–Kier alpha value is -1.02. The van der Waals surface area contributed by atoms with Crippen LogP contribution in [0.15, 0.2) is 18.2 Å². The quantitative estimate of drug-likeness (QED) is 0.839. The summed E-state index contributed by atoms with van der Waals surface area (Å²) in [5.41, 5.74) is 4.63. The largest absolute Gasteiger partial charge is 0.374 e. The average Bonchev–Trinajstić information content (AvgIpc) is 2.74. The maximum atomic E-state index is 3.66. The smallest absolute Gasteiger partial charge is 0.0399 e. The average molecular weight is 230 g/mol. The third kappa shape index (κ3) is 2.19. The van der Waals surface area contributed by atoms with Crippen molar-refractivity contribution in [3.63, 3.8) is 0 Å². The summed E-state index contributed by atoms with van der Waals surface area (Å²) in [6, 6.07) is 7.52. The summed E-state index contributed by atoms with van der Waals surface area (Å²) < 4.78 is 0. The summed E-state index contributed by atoms with van der Waals surface area (Å²) in [5.74, 6) is 0. The van der Waals surface area contributed by atoms with Gasteiger partial charge in [0.2, 0.25) is 0 Å². The summed E-state index contributed by atoms with van der Waals surface area (Å²) >= 11 is 0. The van der Waals surface area contributed by atoms with Crippen molar-refractivity contribution in [2.45, 2.75) is 38.1 Å². The van der Waals surface area contributed by atoms with Crippen molar-refractivity contribution in [2.75, 3.05) is 25.0 Å². The molecule has 0 radical (unpaired) electrons. The molecule has 0 amide bonds. The van der Waals surface area contributed by atoms with Crippen LogP contribution in [-0.4, -0.2) is 26.2 Å². The first kappa shape index (κ1) is 11.1. The van der Waals surface area contributed by atoms with Gasteiger partial charge in [-0.3, -0.25) is 0 Å². The van der Waals surface area contributed by atoms with Gasteiger partial charge in [-0.2, -0.15) is 0 Å². The van der Waals surface area contributed by atoms with Gasteiger partial charge in [0.05, 0.1) is 0 Å². The van der Waals surface area contributed by atoms with E-state index in [0.717, 1.165) is 0 Å². The van der Waals surface area contributed by atoms with E-state index in [1.807, 2.05) is 0 Å². The maximum absolute atomic E-state index is 3.66. The molecule has 92 valence electrons. The van der Waals surface area contributed by atoms with Crippen LogP contribution in [0.25, 0.3) is 0 Å². The van der Waals surface area contributed by atoms with Crippen molar-refractivity contribution >= 4 is 5.69 Å². The predicted octanol–water partition coefficient (Wildman–Crippen LogP) is 2.36. The molecular formula is C15H22N2. The lowest BCUT2D eigenvalue weighted by Gasteiger charge is -2.24. The van der Waals surface area contributed by atoms with E-state index in [0.29, 0.717) is 6.04 Å². The van der Waals surface area contributed by atoms with E-state index >= 15 is 0 Å². The van der Waals surface area contributed by atoms with E-state index in [1.165, 1.54) is 50.9 Å². The van der Waals surface area contributed by atoms with Crippen LogP contribution in [0.3, 0.4) is 0 Å². The zero-order chi connectivity index (χ0) is 11.7. The number of anilines is 1. The van der Waals surface area contributed by atoms with E-state index in [1.54, 1.807) is 11.1 Å². The first-order valence-corrected chi connectivity index (χ1v) is 6.90. The molecule has 1 saturated heterocycles. The molecule has 2 aliphatic heterocycles. The zero-order valence-corrected chi connectivity index (χ0v) is 10.7. The number of likely N-dealkylation sites (N-methyl/N-ethyl adjacent to an activating group) is 1. The summed E-state index contributed by atoms with van der Waals surface area (Å²) in [6.45, 7) is 2.39. The van der Waals surface area contributed by atoms with Crippen LogP contribution in [0, 0.1) is 0 Å². The van der Waals surface area contributed by atoms with Crippen LogP contribution >= 0.6 is 0 Å². The standard InChI is InChI=1S/C15H22N2/c1-17-10-8-14-12(5-4-7-15(14)17)11-13-6-2-3-9-16-13/h4-5,7,13,16H,2-3,6,8-11H2,1H3. The highest BCUT2D eigenvalue weighted by atomic mass is 15.1. The molecule has 2 heteroatoms. The molecule has 0 saturated carbocycles. The number of nitrogens with zero attached hydrogens (tertiary/aromatic N) is 1. The lowest BCUT2D eigenvalue weighted by Crippen LogP contribution is -2.35. The predicted molar refractivity (Wildman–Crippen MR) is 72.8 cm³/mol. The van der Waals surface area contributed by atoms with Crippen LogP contribution in [0.1, 0.15) is 30.4 Å². The highest BCUT2D eigenvalue weighted by Gasteiger charge is 2.21. The molecule has 0 aliphatic carbocycles. The van der Waals surface area contributed by atoms with Crippen LogP contribution in [0.5, 0.6) is 0 Å². The summed E-state index contributed by atoms with van der Waals surface area (Å²) in [7, 11) is 2.20. The number of rotatable bonds is 2. The lowest BCUT2D eigenvalue weighted by atomic mass is 9.94. The van der Waals surface area contributed by atoms with Crippen molar-refractivity contribution < 1.29 is 0 Å². The van der Waals surface area contributed by atoms with Crippen molar-refractivity contribution in [1.82, 2.24) is 5.32 Å². The van der Waals surface area contributed by atoms with E-state index < -0.39 is 0 Å². The van der Waals surface area contributed by atoms with E-state index in [9.17, 15) is 0 Å². The van der Waals surface area contributed by atoms with Gasteiger partial charge in [-0.1, -0.05) is 18.6 Å². The third-order valence-electron chi connectivity index (χ3n) is 4.24. The molecule has 1 aromatic carbocycles. The first-order valence-electron chi connectivity index (χ1n) is 6.90. The van der Waals surface area contributed by atoms with Crippen LogP contribution in [-0.2, 0) is 12.8 Å². The van der Waals surface area contributed by atoms with Crippen LogP contribution < -0.4 is 10.2 Å². The van der Waals surface area contributed by atoms with Gasteiger partial charge in [0.15, 0.2) is 0 Å². The third-order valence-corrected chi connectivity index (χ3v) is 4.24. The monoisotopic (exact) mass is 230 g/mol. The van der Waals surface area contributed by atoms with Crippen LogP contribution in [0.4, 0.5) is 5.69 Å². The first-order chi connectivity index (χ1) is 8.34. The summed E-state index contributed by atoms with van der Waals surface area (Å²) in [4.78, 5) is 2.38. The Morgan fingerprint density at radius 2 is 2.29 bits per heavy atom. The Morgan fingerprint density at radius 3 is 3.12 bits per heavy atom. The van der Waals surface area contributed by atoms with Gasteiger partial charge in [0.25, 0.3) is 0 Å². The van der Waals surface area contributed by atoms with Crippen molar-refractivity contribution in [3.8, 4) is 0 Å². The Balaban J connectivity index is 1.79. The second-order valence-electron chi connectivity index (χ2n) is 5.44. The van der Waals surface area contributed by atoms with Gasteiger partial charge < -0.3 is 10.2 Å². The Kier molecular flexibility index (Phi) is 3.06.